The van der Waals surface area contributed by atoms with Gasteiger partial charge in [0.25, 0.3) is 0 Å². The van der Waals surface area contributed by atoms with Gasteiger partial charge in [0.1, 0.15) is 5.75 Å². The van der Waals surface area contributed by atoms with E-state index in [-0.39, 0.29) is 0 Å². The van der Waals surface area contributed by atoms with Gasteiger partial charge in [0.2, 0.25) is 0 Å². The lowest BCUT2D eigenvalue weighted by atomic mass is 10.0. The number of phenolic OH excluding ortho intramolecular Hbond substituents is 1. The molecule has 0 radical (unpaired) electrons. The first kappa shape index (κ1) is 14.4. The third-order valence-corrected chi connectivity index (χ3v) is 4.01. The minimum Gasteiger partial charge on any atom is -0.508 e. The molecule has 0 aromatic heterocycles. The lowest BCUT2D eigenvalue weighted by Gasteiger charge is -2.10. The summed E-state index contributed by atoms with van der Waals surface area (Å²) in [6.07, 6.45) is 3.70. The van der Waals surface area contributed by atoms with Gasteiger partial charge in [-0.05, 0) is 48.6 Å². The predicted octanol–water partition coefficient (Wildman–Crippen LogP) is 3.45. The Kier molecular flexibility index (Phi) is 4.73. The third kappa shape index (κ3) is 3.96. The Balaban J connectivity index is 1.47. The van der Waals surface area contributed by atoms with Crippen LogP contribution < -0.4 is 5.32 Å². The zero-order chi connectivity index (χ0) is 14.5. The molecule has 0 heterocycles. The third-order valence-electron chi connectivity index (χ3n) is 4.01. The molecule has 3 heteroatoms. The molecule has 1 aliphatic rings. The number of nitrogens with one attached hydrogen (secondary N) is 1. The summed E-state index contributed by atoms with van der Waals surface area (Å²) in [5, 5.41) is 15.7. The molecule has 2 aromatic carbocycles. The number of hydrogen-bond acceptors (Lipinski definition) is 3. The molecular weight excluding hydrogens is 262 g/mol. The molecule has 0 amide bonds. The Hall–Kier alpha value is -1.58. The van der Waals surface area contributed by atoms with E-state index in [1.165, 1.54) is 18.2 Å². The van der Waals surface area contributed by atoms with Crippen LogP contribution in [0.1, 0.15) is 24.8 Å². The van der Waals surface area contributed by atoms with Crippen molar-refractivity contribution in [3.8, 4) is 5.75 Å². The van der Waals surface area contributed by atoms with Crippen molar-refractivity contribution in [3.63, 3.8) is 0 Å². The Morgan fingerprint density at radius 3 is 2.86 bits per heavy atom. The van der Waals surface area contributed by atoms with E-state index in [2.05, 4.69) is 17.4 Å². The molecule has 2 aromatic rings. The molecule has 112 valence electrons. The van der Waals surface area contributed by atoms with Gasteiger partial charge >= 0.3 is 0 Å². The molecule has 2 N–H and O–H groups in total. The molecule has 0 saturated heterocycles. The summed E-state index contributed by atoms with van der Waals surface area (Å²) < 4.78 is 5.61. The summed E-state index contributed by atoms with van der Waals surface area (Å²) >= 11 is 0. The highest BCUT2D eigenvalue weighted by atomic mass is 16.5. The minimum absolute atomic E-state index is 0.367. The maximum absolute atomic E-state index is 10.1. The zero-order valence-electron chi connectivity index (χ0n) is 12.3. The Morgan fingerprint density at radius 2 is 2.00 bits per heavy atom. The van der Waals surface area contributed by atoms with Gasteiger partial charge in [-0.1, -0.05) is 30.3 Å². The Labute approximate surface area is 125 Å². The van der Waals surface area contributed by atoms with Crippen molar-refractivity contribution in [3.05, 3.63) is 42.0 Å². The highest BCUT2D eigenvalue weighted by Crippen LogP contribution is 2.29. The minimum atomic E-state index is 0.367. The Morgan fingerprint density at radius 1 is 1.14 bits per heavy atom. The first-order valence-electron chi connectivity index (χ1n) is 7.82. The summed E-state index contributed by atoms with van der Waals surface area (Å²) in [7, 11) is 0. The van der Waals surface area contributed by atoms with Crippen molar-refractivity contribution in [1.29, 1.82) is 0 Å². The van der Waals surface area contributed by atoms with Gasteiger partial charge in [-0.3, -0.25) is 0 Å². The molecule has 1 fully saturated rings. The topological polar surface area (TPSA) is 41.5 Å². The second-order valence-corrected chi connectivity index (χ2v) is 5.83. The van der Waals surface area contributed by atoms with Crippen LogP contribution in [0, 0.1) is 5.92 Å². The second kappa shape index (κ2) is 6.92. The van der Waals surface area contributed by atoms with E-state index in [0.29, 0.717) is 12.3 Å². The van der Waals surface area contributed by atoms with Crippen LogP contribution in [0.3, 0.4) is 0 Å². The van der Waals surface area contributed by atoms with Crippen LogP contribution in [0.25, 0.3) is 10.8 Å². The summed E-state index contributed by atoms with van der Waals surface area (Å²) in [4.78, 5) is 0. The highest BCUT2D eigenvalue weighted by molar-refractivity contribution is 5.87. The van der Waals surface area contributed by atoms with Crippen LogP contribution in [0.2, 0.25) is 0 Å². The van der Waals surface area contributed by atoms with Crippen LogP contribution in [0.15, 0.2) is 36.4 Å². The number of ether oxygens (including phenoxy) is 1. The van der Waals surface area contributed by atoms with Crippen LogP contribution in [-0.4, -0.2) is 24.9 Å². The number of aromatic hydroxyl groups is 1. The molecular formula is C18H23NO2. The SMILES string of the molecule is Oc1ccc2ccccc2c1CNCCCOCC1CC1. The van der Waals surface area contributed by atoms with E-state index in [9.17, 15) is 5.11 Å². The average Bonchev–Trinajstić information content (AvgIpc) is 3.32. The van der Waals surface area contributed by atoms with E-state index in [1.54, 1.807) is 6.07 Å². The van der Waals surface area contributed by atoms with Gasteiger partial charge in [0, 0.05) is 25.3 Å². The van der Waals surface area contributed by atoms with Gasteiger partial charge in [-0.25, -0.2) is 0 Å². The number of phenols is 1. The lowest BCUT2D eigenvalue weighted by molar-refractivity contribution is 0.122. The van der Waals surface area contributed by atoms with Crippen LogP contribution in [0.5, 0.6) is 5.75 Å². The number of rotatable bonds is 8. The maximum Gasteiger partial charge on any atom is 0.120 e. The lowest BCUT2D eigenvalue weighted by Crippen LogP contribution is -2.17. The molecule has 3 rings (SSSR count). The maximum atomic E-state index is 10.1. The summed E-state index contributed by atoms with van der Waals surface area (Å²) in [6, 6.07) is 11.9. The Bertz CT molecular complexity index is 593. The van der Waals surface area contributed by atoms with Crippen molar-refractivity contribution in [1.82, 2.24) is 5.32 Å². The van der Waals surface area contributed by atoms with E-state index < -0.39 is 0 Å². The van der Waals surface area contributed by atoms with Crippen LogP contribution >= 0.6 is 0 Å². The molecule has 21 heavy (non-hydrogen) atoms. The van der Waals surface area contributed by atoms with E-state index in [1.807, 2.05) is 18.2 Å². The van der Waals surface area contributed by atoms with Crippen molar-refractivity contribution < 1.29 is 9.84 Å². The molecule has 0 unspecified atom stereocenters. The smallest absolute Gasteiger partial charge is 0.120 e. The second-order valence-electron chi connectivity index (χ2n) is 5.83. The van der Waals surface area contributed by atoms with Gasteiger partial charge in [0.15, 0.2) is 0 Å². The fraction of sp³-hybridized carbons (Fsp3) is 0.444. The van der Waals surface area contributed by atoms with Crippen LogP contribution in [-0.2, 0) is 11.3 Å². The molecule has 3 nitrogen and oxygen atoms in total. The first-order chi connectivity index (χ1) is 10.3. The molecule has 1 saturated carbocycles. The molecule has 0 aliphatic heterocycles. The predicted molar refractivity (Wildman–Crippen MR) is 85.5 cm³/mol. The monoisotopic (exact) mass is 285 g/mol. The molecule has 0 bridgehead atoms. The van der Waals surface area contributed by atoms with Crippen molar-refractivity contribution in [2.75, 3.05) is 19.8 Å². The van der Waals surface area contributed by atoms with Crippen LogP contribution in [0.4, 0.5) is 0 Å². The van der Waals surface area contributed by atoms with Gasteiger partial charge < -0.3 is 15.2 Å². The molecule has 1 aliphatic carbocycles. The number of fused-ring (bicyclic) bond motifs is 1. The highest BCUT2D eigenvalue weighted by Gasteiger charge is 2.20. The zero-order valence-corrected chi connectivity index (χ0v) is 12.3. The van der Waals surface area contributed by atoms with E-state index in [0.717, 1.165) is 43.0 Å². The van der Waals surface area contributed by atoms with Crippen molar-refractivity contribution >= 4 is 10.8 Å². The number of hydrogen-bond donors (Lipinski definition) is 2. The quantitative estimate of drug-likeness (QED) is 0.730. The van der Waals surface area contributed by atoms with Crippen molar-refractivity contribution in [2.45, 2.75) is 25.8 Å². The van der Waals surface area contributed by atoms with Gasteiger partial charge in [0.05, 0.1) is 0 Å². The summed E-state index contributed by atoms with van der Waals surface area (Å²) in [5.41, 5.74) is 0.979. The van der Waals surface area contributed by atoms with E-state index in [4.69, 9.17) is 4.74 Å². The van der Waals surface area contributed by atoms with Gasteiger partial charge in [-0.2, -0.15) is 0 Å². The molecule has 0 spiro atoms. The fourth-order valence-corrected chi connectivity index (χ4v) is 2.56. The van der Waals surface area contributed by atoms with Crippen molar-refractivity contribution in [2.24, 2.45) is 5.92 Å². The average molecular weight is 285 g/mol. The van der Waals surface area contributed by atoms with Gasteiger partial charge in [-0.15, -0.1) is 0 Å². The molecule has 0 atom stereocenters. The summed E-state index contributed by atoms with van der Waals surface area (Å²) in [5.74, 6) is 1.21. The normalized spacial score (nSPS) is 14.7. The standard InChI is InChI=1S/C18H23NO2/c20-18-9-8-15-4-1-2-5-16(15)17(18)12-19-10-3-11-21-13-14-6-7-14/h1-2,4-5,8-9,14,19-20H,3,6-7,10-13H2. The van der Waals surface area contributed by atoms with E-state index >= 15 is 0 Å². The number of benzene rings is 2. The fourth-order valence-electron chi connectivity index (χ4n) is 2.56. The first-order valence-corrected chi connectivity index (χ1v) is 7.82. The summed E-state index contributed by atoms with van der Waals surface area (Å²) in [6.45, 7) is 3.36. The largest absolute Gasteiger partial charge is 0.508 e.